The molecule has 3 aliphatic heterocycles. The van der Waals surface area contributed by atoms with E-state index in [1.165, 1.54) is 0 Å². The average Bonchev–Trinajstić information content (AvgIpc) is 3.41. The normalized spacial score (nSPS) is 27.5. The fourth-order valence-electron chi connectivity index (χ4n) is 7.65. The zero-order valence-corrected chi connectivity index (χ0v) is 26.3. The van der Waals surface area contributed by atoms with E-state index in [1.807, 2.05) is 45.0 Å². The van der Waals surface area contributed by atoms with Gasteiger partial charge in [0.25, 0.3) is 0 Å². The molecular formula is C33H51N5O5. The molecule has 238 valence electrons. The standard InChI is InChI=1S/C33H51N5O5/c1-5-42-24-17-23-18-38(33(41)30(22-11-7-6-8-12-22)36-32(40)29(34-4)21(2)3)27(20-37(23)19-24)31(39)35-26-15-16-43-28-14-10-9-13-25(26)28/h9-10,13-14,21-24,26-27,29-30,34H,5-8,11-12,15-20H2,1-4H3,(H,35,39)(H,36,40)/t23-,24-,26-,27+,29+,30+/m1/s1. The fourth-order valence-corrected chi connectivity index (χ4v) is 7.65. The second kappa shape index (κ2) is 14.4. The third-order valence-electron chi connectivity index (χ3n) is 9.89. The van der Waals surface area contributed by atoms with Gasteiger partial charge in [-0.05, 0) is 51.1 Å². The molecule has 3 fully saturated rings. The minimum atomic E-state index is -0.660. The summed E-state index contributed by atoms with van der Waals surface area (Å²) in [6.07, 6.45) is 6.62. The summed E-state index contributed by atoms with van der Waals surface area (Å²) in [6.45, 7) is 8.82. The largest absolute Gasteiger partial charge is 0.493 e. The molecule has 10 heteroatoms. The number of amides is 3. The second-order valence-electron chi connectivity index (χ2n) is 13.1. The Bertz CT molecular complexity index is 1120. The van der Waals surface area contributed by atoms with Crippen molar-refractivity contribution >= 4 is 17.7 Å². The molecule has 5 rings (SSSR count). The summed E-state index contributed by atoms with van der Waals surface area (Å²) in [7, 11) is 1.78. The van der Waals surface area contributed by atoms with E-state index in [2.05, 4.69) is 20.9 Å². The maximum atomic E-state index is 14.7. The smallest absolute Gasteiger partial charge is 0.246 e. The van der Waals surface area contributed by atoms with Gasteiger partial charge in [0, 0.05) is 44.3 Å². The lowest BCUT2D eigenvalue weighted by Gasteiger charge is -2.45. The van der Waals surface area contributed by atoms with Crippen LogP contribution in [0.25, 0.3) is 0 Å². The fraction of sp³-hybridized carbons (Fsp3) is 0.727. The summed E-state index contributed by atoms with van der Waals surface area (Å²) in [6, 6.07) is 6.04. The number of hydrogen-bond acceptors (Lipinski definition) is 7. The van der Waals surface area contributed by atoms with Gasteiger partial charge >= 0.3 is 0 Å². The van der Waals surface area contributed by atoms with Crippen molar-refractivity contribution in [3.63, 3.8) is 0 Å². The summed E-state index contributed by atoms with van der Waals surface area (Å²) >= 11 is 0. The lowest BCUT2D eigenvalue weighted by Crippen LogP contribution is -2.66. The maximum absolute atomic E-state index is 14.7. The first kappa shape index (κ1) is 31.7. The molecule has 43 heavy (non-hydrogen) atoms. The van der Waals surface area contributed by atoms with Crippen molar-refractivity contribution in [2.75, 3.05) is 39.9 Å². The second-order valence-corrected chi connectivity index (χ2v) is 13.1. The minimum Gasteiger partial charge on any atom is -0.493 e. The van der Waals surface area contributed by atoms with Crippen LogP contribution in [0.5, 0.6) is 5.75 Å². The highest BCUT2D eigenvalue weighted by molar-refractivity contribution is 5.94. The molecule has 3 N–H and O–H groups in total. The quantitative estimate of drug-likeness (QED) is 0.380. The highest BCUT2D eigenvalue weighted by Gasteiger charge is 2.47. The number of piperazine rings is 1. The number of likely N-dealkylation sites (N-methyl/N-ethyl adjacent to an activating group) is 1. The Hall–Kier alpha value is -2.69. The molecule has 6 atom stereocenters. The lowest BCUT2D eigenvalue weighted by atomic mass is 9.82. The lowest BCUT2D eigenvalue weighted by molar-refractivity contribution is -0.149. The van der Waals surface area contributed by atoms with Crippen LogP contribution in [-0.4, -0.2) is 97.7 Å². The molecule has 0 radical (unpaired) electrons. The van der Waals surface area contributed by atoms with Crippen molar-refractivity contribution in [2.24, 2.45) is 11.8 Å². The van der Waals surface area contributed by atoms with E-state index in [-0.39, 0.29) is 47.7 Å². The van der Waals surface area contributed by atoms with E-state index in [1.54, 1.807) is 11.9 Å². The maximum Gasteiger partial charge on any atom is 0.246 e. The molecule has 4 aliphatic rings. The number of carbonyl (C=O) groups excluding carboxylic acids is 3. The Morgan fingerprint density at radius 3 is 2.53 bits per heavy atom. The number of hydrogen-bond donors (Lipinski definition) is 3. The molecule has 3 heterocycles. The molecular weight excluding hydrogens is 546 g/mol. The van der Waals surface area contributed by atoms with Gasteiger partial charge in [0.2, 0.25) is 17.7 Å². The Morgan fingerprint density at radius 2 is 1.81 bits per heavy atom. The predicted molar refractivity (Wildman–Crippen MR) is 165 cm³/mol. The minimum absolute atomic E-state index is 0.0544. The molecule has 3 amide bonds. The molecule has 1 saturated carbocycles. The summed E-state index contributed by atoms with van der Waals surface area (Å²) in [5, 5.41) is 9.58. The number of nitrogens with zero attached hydrogens (tertiary/aromatic N) is 2. The van der Waals surface area contributed by atoms with Crippen molar-refractivity contribution in [2.45, 2.75) is 102 Å². The highest BCUT2D eigenvalue weighted by Crippen LogP contribution is 2.34. The summed E-state index contributed by atoms with van der Waals surface area (Å²) in [5.74, 6) is 0.476. The first-order valence-electron chi connectivity index (χ1n) is 16.5. The Kier molecular flexibility index (Phi) is 10.6. The van der Waals surface area contributed by atoms with Gasteiger partial charge in [0.05, 0.1) is 24.8 Å². The van der Waals surface area contributed by atoms with Gasteiger partial charge in [0.1, 0.15) is 17.8 Å². The van der Waals surface area contributed by atoms with Crippen LogP contribution in [0, 0.1) is 11.8 Å². The van der Waals surface area contributed by atoms with E-state index < -0.39 is 18.1 Å². The van der Waals surface area contributed by atoms with Crippen LogP contribution in [0.3, 0.4) is 0 Å². The van der Waals surface area contributed by atoms with E-state index in [0.717, 1.165) is 56.4 Å². The SMILES string of the molecule is CCO[C@@H]1C[C@@H]2CN(C(=O)[C@@H](NC(=O)[C@@H](NC)C(C)C)C3CCCCC3)[C@H](C(=O)N[C@@H]3CCOc4ccccc43)CN2C1. The zero-order chi connectivity index (χ0) is 30.5. The van der Waals surface area contributed by atoms with E-state index in [0.29, 0.717) is 32.7 Å². The average molecular weight is 598 g/mol. The number of ether oxygens (including phenoxy) is 2. The molecule has 1 aromatic rings. The van der Waals surface area contributed by atoms with Crippen molar-refractivity contribution in [1.29, 1.82) is 0 Å². The van der Waals surface area contributed by atoms with Crippen LogP contribution in [-0.2, 0) is 19.1 Å². The van der Waals surface area contributed by atoms with E-state index in [4.69, 9.17) is 9.47 Å². The van der Waals surface area contributed by atoms with Gasteiger partial charge in [-0.2, -0.15) is 0 Å². The molecule has 0 bridgehead atoms. The van der Waals surface area contributed by atoms with Crippen molar-refractivity contribution < 1.29 is 23.9 Å². The van der Waals surface area contributed by atoms with Crippen molar-refractivity contribution in [3.05, 3.63) is 29.8 Å². The highest BCUT2D eigenvalue weighted by atomic mass is 16.5. The van der Waals surface area contributed by atoms with Gasteiger partial charge in [-0.15, -0.1) is 0 Å². The van der Waals surface area contributed by atoms with E-state index >= 15 is 0 Å². The first-order valence-corrected chi connectivity index (χ1v) is 16.5. The molecule has 0 aromatic heterocycles. The zero-order valence-electron chi connectivity index (χ0n) is 26.3. The number of benzene rings is 1. The van der Waals surface area contributed by atoms with E-state index in [9.17, 15) is 14.4 Å². The predicted octanol–water partition coefficient (Wildman–Crippen LogP) is 2.63. The number of carbonyl (C=O) groups is 3. The van der Waals surface area contributed by atoms with Crippen LogP contribution in [0.2, 0.25) is 0 Å². The Balaban J connectivity index is 1.41. The summed E-state index contributed by atoms with van der Waals surface area (Å²) in [5.41, 5.74) is 0.963. The first-order chi connectivity index (χ1) is 20.8. The van der Waals surface area contributed by atoms with Crippen LogP contribution in [0.4, 0.5) is 0 Å². The van der Waals surface area contributed by atoms with Crippen LogP contribution in [0.15, 0.2) is 24.3 Å². The molecule has 2 saturated heterocycles. The molecule has 10 nitrogen and oxygen atoms in total. The van der Waals surface area contributed by atoms with Gasteiger partial charge in [-0.1, -0.05) is 51.3 Å². The number of rotatable bonds is 10. The van der Waals surface area contributed by atoms with Crippen molar-refractivity contribution in [1.82, 2.24) is 25.8 Å². The van der Waals surface area contributed by atoms with Crippen LogP contribution in [0.1, 0.15) is 77.3 Å². The molecule has 0 unspecified atom stereocenters. The topological polar surface area (TPSA) is 112 Å². The van der Waals surface area contributed by atoms with Gasteiger partial charge < -0.3 is 30.3 Å². The third kappa shape index (κ3) is 7.18. The van der Waals surface area contributed by atoms with Crippen molar-refractivity contribution in [3.8, 4) is 5.75 Å². The summed E-state index contributed by atoms with van der Waals surface area (Å²) < 4.78 is 11.8. The van der Waals surface area contributed by atoms with Gasteiger partial charge in [0.15, 0.2) is 0 Å². The molecule has 1 aromatic carbocycles. The molecule has 0 spiro atoms. The van der Waals surface area contributed by atoms with Crippen LogP contribution >= 0.6 is 0 Å². The number of nitrogens with one attached hydrogen (secondary N) is 3. The van der Waals surface area contributed by atoms with Crippen LogP contribution < -0.4 is 20.7 Å². The summed E-state index contributed by atoms with van der Waals surface area (Å²) in [4.78, 5) is 46.4. The Labute approximate surface area is 256 Å². The van der Waals surface area contributed by atoms with Gasteiger partial charge in [-0.3, -0.25) is 19.3 Å². The monoisotopic (exact) mass is 597 g/mol. The Morgan fingerprint density at radius 1 is 1.05 bits per heavy atom. The third-order valence-corrected chi connectivity index (χ3v) is 9.89. The number of fused-ring (bicyclic) bond motifs is 2. The van der Waals surface area contributed by atoms with Gasteiger partial charge in [-0.25, -0.2) is 0 Å². The molecule has 1 aliphatic carbocycles. The number of para-hydroxylation sites is 1.